The molecule has 2 aromatic rings. The van der Waals surface area contributed by atoms with Crippen LogP contribution in [0.5, 0.6) is 5.75 Å². The van der Waals surface area contributed by atoms with Gasteiger partial charge in [-0.3, -0.25) is 0 Å². The third kappa shape index (κ3) is 2.93. The molecule has 2 unspecified atom stereocenters. The topological polar surface area (TPSA) is 21.3 Å². The number of rotatable bonds is 2. The maximum Gasteiger partial charge on any atom is 0.127 e. The van der Waals surface area contributed by atoms with Gasteiger partial charge in [0.1, 0.15) is 17.7 Å². The summed E-state index contributed by atoms with van der Waals surface area (Å²) in [5.74, 6) is 0.519. The number of hydrogen-bond acceptors (Lipinski definition) is 2. The average Bonchev–Trinajstić information content (AvgIpc) is 2.48. The minimum absolute atomic E-state index is 0.118. The van der Waals surface area contributed by atoms with Gasteiger partial charge in [-0.15, -0.1) is 0 Å². The molecule has 2 aromatic carbocycles. The van der Waals surface area contributed by atoms with Crippen LogP contribution >= 0.6 is 27.5 Å². The van der Waals surface area contributed by atoms with E-state index in [-0.39, 0.29) is 18.0 Å². The molecule has 3 rings (SSSR count). The average molecular weight is 371 g/mol. The Morgan fingerprint density at radius 2 is 2.05 bits per heavy atom. The van der Waals surface area contributed by atoms with Crippen molar-refractivity contribution in [3.05, 3.63) is 62.8 Å². The summed E-state index contributed by atoms with van der Waals surface area (Å²) >= 11 is 9.53. The number of ether oxygens (including phenoxy) is 1. The quantitative estimate of drug-likeness (QED) is 0.801. The van der Waals surface area contributed by atoms with Crippen LogP contribution in [0.3, 0.4) is 0 Å². The second-order valence-corrected chi connectivity index (χ2v) is 6.32. The minimum atomic E-state index is -0.264. The van der Waals surface area contributed by atoms with E-state index in [1.165, 1.54) is 12.1 Å². The minimum Gasteiger partial charge on any atom is -0.485 e. The molecular formula is C16H14BrClFNO. The van der Waals surface area contributed by atoms with E-state index < -0.39 is 0 Å². The van der Waals surface area contributed by atoms with Crippen molar-refractivity contribution in [1.29, 1.82) is 0 Å². The van der Waals surface area contributed by atoms with E-state index in [0.717, 1.165) is 21.3 Å². The SMILES string of the molecule is CNC1CC(c2cc(F)ccc2Br)Oc2ccc(Cl)cc21. The van der Waals surface area contributed by atoms with Crippen molar-refractivity contribution in [3.8, 4) is 5.75 Å². The van der Waals surface area contributed by atoms with E-state index in [2.05, 4.69) is 21.2 Å². The highest BCUT2D eigenvalue weighted by molar-refractivity contribution is 9.10. The van der Waals surface area contributed by atoms with E-state index >= 15 is 0 Å². The lowest BCUT2D eigenvalue weighted by Gasteiger charge is -2.33. The van der Waals surface area contributed by atoms with Crippen LogP contribution in [0.4, 0.5) is 4.39 Å². The molecular weight excluding hydrogens is 357 g/mol. The van der Waals surface area contributed by atoms with Crippen molar-refractivity contribution in [2.45, 2.75) is 18.6 Å². The van der Waals surface area contributed by atoms with Gasteiger partial charge in [-0.2, -0.15) is 0 Å². The molecule has 1 aliphatic rings. The molecule has 1 aliphatic heterocycles. The van der Waals surface area contributed by atoms with Crippen LogP contribution in [0.1, 0.15) is 29.7 Å². The maximum atomic E-state index is 13.5. The predicted octanol–water partition coefficient (Wildman–Crippen LogP) is 5.03. The van der Waals surface area contributed by atoms with Crippen molar-refractivity contribution in [3.63, 3.8) is 0 Å². The first-order valence-corrected chi connectivity index (χ1v) is 7.84. The van der Waals surface area contributed by atoms with Gasteiger partial charge in [-0.25, -0.2) is 4.39 Å². The lowest BCUT2D eigenvalue weighted by atomic mass is 9.93. The van der Waals surface area contributed by atoms with Crippen LogP contribution in [0.2, 0.25) is 5.02 Å². The van der Waals surface area contributed by atoms with E-state index in [1.807, 2.05) is 19.2 Å². The van der Waals surface area contributed by atoms with Gasteiger partial charge in [-0.05, 0) is 43.4 Å². The van der Waals surface area contributed by atoms with Gasteiger partial charge in [0.25, 0.3) is 0 Å². The highest BCUT2D eigenvalue weighted by Crippen LogP contribution is 2.43. The van der Waals surface area contributed by atoms with E-state index in [9.17, 15) is 4.39 Å². The van der Waals surface area contributed by atoms with Gasteiger partial charge in [0.2, 0.25) is 0 Å². The number of halogens is 3. The van der Waals surface area contributed by atoms with Gasteiger partial charge < -0.3 is 10.1 Å². The molecule has 1 N–H and O–H groups in total. The summed E-state index contributed by atoms with van der Waals surface area (Å²) in [6.07, 6.45) is 0.507. The first-order chi connectivity index (χ1) is 10.1. The zero-order chi connectivity index (χ0) is 15.0. The Balaban J connectivity index is 2.00. The smallest absolute Gasteiger partial charge is 0.127 e. The summed E-state index contributed by atoms with van der Waals surface area (Å²) in [6.45, 7) is 0. The van der Waals surface area contributed by atoms with Crippen molar-refractivity contribution in [2.24, 2.45) is 0 Å². The molecule has 0 amide bonds. The molecule has 0 saturated carbocycles. The number of nitrogens with one attached hydrogen (secondary N) is 1. The molecule has 1 heterocycles. The second-order valence-electron chi connectivity index (χ2n) is 5.03. The molecule has 0 aromatic heterocycles. The monoisotopic (exact) mass is 369 g/mol. The summed E-state index contributed by atoms with van der Waals surface area (Å²) in [5.41, 5.74) is 1.85. The Hall–Kier alpha value is -1.10. The van der Waals surface area contributed by atoms with Crippen LogP contribution in [-0.4, -0.2) is 7.05 Å². The van der Waals surface area contributed by atoms with E-state index in [4.69, 9.17) is 16.3 Å². The standard InChI is InChI=1S/C16H14BrClFNO/c1-20-14-8-16(11-7-10(19)3-4-13(11)17)21-15-5-2-9(18)6-12(14)15/h2-7,14,16,20H,8H2,1H3. The fourth-order valence-corrected chi connectivity index (χ4v) is 3.35. The van der Waals surface area contributed by atoms with Crippen molar-refractivity contribution >= 4 is 27.5 Å². The molecule has 0 spiro atoms. The molecule has 2 atom stereocenters. The van der Waals surface area contributed by atoms with Crippen LogP contribution < -0.4 is 10.1 Å². The van der Waals surface area contributed by atoms with Gasteiger partial charge >= 0.3 is 0 Å². The van der Waals surface area contributed by atoms with Crippen LogP contribution in [0.25, 0.3) is 0 Å². The third-order valence-corrected chi connectivity index (χ3v) is 4.68. The summed E-state index contributed by atoms with van der Waals surface area (Å²) in [4.78, 5) is 0. The molecule has 0 fully saturated rings. The zero-order valence-electron chi connectivity index (χ0n) is 11.4. The predicted molar refractivity (Wildman–Crippen MR) is 85.3 cm³/mol. The molecule has 0 radical (unpaired) electrons. The van der Waals surface area contributed by atoms with Gasteiger partial charge in [0.05, 0.1) is 0 Å². The highest BCUT2D eigenvalue weighted by Gasteiger charge is 2.29. The summed E-state index contributed by atoms with van der Waals surface area (Å²) < 4.78 is 20.4. The normalized spacial score (nSPS) is 20.8. The number of fused-ring (bicyclic) bond motifs is 1. The fraction of sp³-hybridized carbons (Fsp3) is 0.250. The summed E-state index contributed by atoms with van der Waals surface area (Å²) in [7, 11) is 1.90. The first kappa shape index (κ1) is 14.8. The number of benzene rings is 2. The van der Waals surface area contributed by atoms with E-state index in [0.29, 0.717) is 11.4 Å². The van der Waals surface area contributed by atoms with Gasteiger partial charge in [0.15, 0.2) is 0 Å². The zero-order valence-corrected chi connectivity index (χ0v) is 13.7. The molecule has 0 bridgehead atoms. The Morgan fingerprint density at radius 1 is 1.24 bits per heavy atom. The van der Waals surface area contributed by atoms with Crippen molar-refractivity contribution < 1.29 is 9.13 Å². The fourth-order valence-electron chi connectivity index (χ4n) is 2.67. The Morgan fingerprint density at radius 3 is 2.81 bits per heavy atom. The largest absolute Gasteiger partial charge is 0.485 e. The number of hydrogen-bond donors (Lipinski definition) is 1. The molecule has 0 saturated heterocycles. The molecule has 21 heavy (non-hydrogen) atoms. The lowest BCUT2D eigenvalue weighted by Crippen LogP contribution is -2.27. The highest BCUT2D eigenvalue weighted by atomic mass is 79.9. The summed E-state index contributed by atoms with van der Waals surface area (Å²) in [6, 6.07) is 10.3. The van der Waals surface area contributed by atoms with Gasteiger partial charge in [0, 0.05) is 33.1 Å². The summed E-state index contributed by atoms with van der Waals surface area (Å²) in [5, 5.41) is 3.96. The Labute approximate surface area is 136 Å². The third-order valence-electron chi connectivity index (χ3n) is 3.72. The van der Waals surface area contributed by atoms with Crippen molar-refractivity contribution in [1.82, 2.24) is 5.32 Å². The lowest BCUT2D eigenvalue weighted by molar-refractivity contribution is 0.153. The van der Waals surface area contributed by atoms with Crippen molar-refractivity contribution in [2.75, 3.05) is 7.05 Å². The molecule has 0 aliphatic carbocycles. The molecule has 110 valence electrons. The van der Waals surface area contributed by atoms with Crippen LogP contribution in [-0.2, 0) is 0 Å². The Bertz CT molecular complexity index is 679. The van der Waals surface area contributed by atoms with Gasteiger partial charge in [-0.1, -0.05) is 27.5 Å². The first-order valence-electron chi connectivity index (χ1n) is 6.67. The molecule has 5 heteroatoms. The molecule has 2 nitrogen and oxygen atoms in total. The van der Waals surface area contributed by atoms with Crippen LogP contribution in [0, 0.1) is 5.82 Å². The maximum absolute atomic E-state index is 13.5. The second kappa shape index (κ2) is 5.95. The Kier molecular flexibility index (Phi) is 4.20. The van der Waals surface area contributed by atoms with Crippen LogP contribution in [0.15, 0.2) is 40.9 Å². The van der Waals surface area contributed by atoms with E-state index in [1.54, 1.807) is 12.1 Å².